The predicted octanol–water partition coefficient (Wildman–Crippen LogP) is 1.55. The van der Waals surface area contributed by atoms with E-state index < -0.39 is 0 Å². The van der Waals surface area contributed by atoms with Crippen LogP contribution in [0.4, 0.5) is 0 Å². The first-order valence-electron chi connectivity index (χ1n) is 8.30. The molecule has 2 amide bonds. The summed E-state index contributed by atoms with van der Waals surface area (Å²) < 4.78 is 1.61. The van der Waals surface area contributed by atoms with Crippen LogP contribution < -0.4 is 5.32 Å². The molecule has 0 saturated carbocycles. The van der Waals surface area contributed by atoms with E-state index in [-0.39, 0.29) is 24.1 Å². The molecule has 1 aliphatic heterocycles. The topological polar surface area (TPSA) is 93.0 Å². The Labute approximate surface area is 159 Å². The van der Waals surface area contributed by atoms with Crippen LogP contribution >= 0.6 is 11.6 Å². The van der Waals surface area contributed by atoms with Crippen molar-refractivity contribution in [3.05, 3.63) is 59.6 Å². The van der Waals surface area contributed by atoms with Gasteiger partial charge in [0.2, 0.25) is 5.91 Å². The molecule has 0 radical (unpaired) electrons. The maximum Gasteiger partial charge on any atom is 0.274 e. The molecule has 136 valence electrons. The second-order valence-corrected chi connectivity index (χ2v) is 6.41. The SMILES string of the molecule is O=C1CN(C(=O)c2cc(-c3ccc(Cl)cn3)n(-c3cccnc3)n2)CCN1. The number of carbonyl (C=O) groups excluding carboxylic acids is 2. The molecule has 27 heavy (non-hydrogen) atoms. The van der Waals surface area contributed by atoms with Crippen LogP contribution in [0, 0.1) is 0 Å². The fraction of sp³-hybridized carbons (Fsp3) is 0.167. The minimum Gasteiger partial charge on any atom is -0.353 e. The molecule has 3 aromatic heterocycles. The lowest BCUT2D eigenvalue weighted by Gasteiger charge is -2.25. The molecule has 1 N–H and O–H groups in total. The molecule has 8 nitrogen and oxygen atoms in total. The summed E-state index contributed by atoms with van der Waals surface area (Å²) >= 11 is 5.93. The summed E-state index contributed by atoms with van der Waals surface area (Å²) in [6.07, 6.45) is 4.84. The number of nitrogens with one attached hydrogen (secondary N) is 1. The fourth-order valence-electron chi connectivity index (χ4n) is 2.85. The number of piperazine rings is 1. The molecule has 0 unspecified atom stereocenters. The van der Waals surface area contributed by atoms with Gasteiger partial charge in [-0.05, 0) is 30.3 Å². The van der Waals surface area contributed by atoms with Crippen LogP contribution in [-0.4, -0.2) is 56.1 Å². The van der Waals surface area contributed by atoms with Gasteiger partial charge < -0.3 is 10.2 Å². The largest absolute Gasteiger partial charge is 0.353 e. The van der Waals surface area contributed by atoms with Crippen LogP contribution in [0.1, 0.15) is 10.5 Å². The number of hydrogen-bond acceptors (Lipinski definition) is 5. The van der Waals surface area contributed by atoms with Crippen molar-refractivity contribution in [2.24, 2.45) is 0 Å². The van der Waals surface area contributed by atoms with Crippen LogP contribution in [0.5, 0.6) is 0 Å². The number of carbonyl (C=O) groups is 2. The van der Waals surface area contributed by atoms with Crippen LogP contribution in [0.3, 0.4) is 0 Å². The average molecular weight is 383 g/mol. The molecular formula is C18H15ClN6O2. The van der Waals surface area contributed by atoms with Crippen LogP contribution in [0.15, 0.2) is 48.9 Å². The highest BCUT2D eigenvalue weighted by atomic mass is 35.5. The van der Waals surface area contributed by atoms with Crippen LogP contribution in [0.25, 0.3) is 17.1 Å². The average Bonchev–Trinajstić information content (AvgIpc) is 3.14. The zero-order valence-corrected chi connectivity index (χ0v) is 14.9. The highest BCUT2D eigenvalue weighted by Crippen LogP contribution is 2.24. The van der Waals surface area contributed by atoms with Crippen molar-refractivity contribution in [3.63, 3.8) is 0 Å². The Bertz CT molecular complexity index is 987. The quantitative estimate of drug-likeness (QED) is 0.742. The minimum absolute atomic E-state index is 0.0209. The van der Waals surface area contributed by atoms with Crippen molar-refractivity contribution < 1.29 is 9.59 Å². The third-order valence-electron chi connectivity index (χ3n) is 4.13. The molecule has 0 spiro atoms. The fourth-order valence-corrected chi connectivity index (χ4v) is 2.96. The summed E-state index contributed by atoms with van der Waals surface area (Å²) in [5.41, 5.74) is 2.18. The smallest absolute Gasteiger partial charge is 0.274 e. The predicted molar refractivity (Wildman–Crippen MR) is 98.5 cm³/mol. The standard InChI is InChI=1S/C18H15ClN6O2/c19-12-3-4-14(22-9-12)16-8-15(18(27)24-7-6-21-17(26)11-24)23-25(16)13-2-1-5-20-10-13/h1-5,8-10H,6-7,11H2,(H,21,26). The van der Waals surface area contributed by atoms with Crippen molar-refractivity contribution in [2.75, 3.05) is 19.6 Å². The Morgan fingerprint density at radius 3 is 2.81 bits per heavy atom. The van der Waals surface area contributed by atoms with Crippen molar-refractivity contribution in [3.8, 4) is 17.1 Å². The number of amides is 2. The molecule has 4 heterocycles. The van der Waals surface area contributed by atoms with Gasteiger partial charge in [0.1, 0.15) is 0 Å². The van der Waals surface area contributed by atoms with E-state index >= 15 is 0 Å². The summed E-state index contributed by atoms with van der Waals surface area (Å²) in [7, 11) is 0. The molecule has 9 heteroatoms. The lowest BCUT2D eigenvalue weighted by molar-refractivity contribution is -0.123. The second-order valence-electron chi connectivity index (χ2n) is 5.98. The molecule has 3 aromatic rings. The Morgan fingerprint density at radius 1 is 1.22 bits per heavy atom. The first-order chi connectivity index (χ1) is 13.1. The van der Waals surface area contributed by atoms with Gasteiger partial charge in [0.25, 0.3) is 5.91 Å². The molecule has 0 aromatic carbocycles. The number of aromatic nitrogens is 4. The second kappa shape index (κ2) is 7.16. The number of halogens is 1. The van der Waals surface area contributed by atoms with E-state index in [4.69, 9.17) is 11.6 Å². The van der Waals surface area contributed by atoms with E-state index in [1.807, 2.05) is 6.07 Å². The molecular weight excluding hydrogens is 368 g/mol. The van der Waals surface area contributed by atoms with Gasteiger partial charge >= 0.3 is 0 Å². The summed E-state index contributed by atoms with van der Waals surface area (Å²) in [4.78, 5) is 34.4. The lowest BCUT2D eigenvalue weighted by Crippen LogP contribution is -2.50. The number of nitrogens with zero attached hydrogens (tertiary/aromatic N) is 5. The first kappa shape index (κ1) is 17.2. The Balaban J connectivity index is 1.76. The maximum atomic E-state index is 12.8. The lowest BCUT2D eigenvalue weighted by atomic mass is 10.2. The van der Waals surface area contributed by atoms with E-state index in [0.29, 0.717) is 35.2 Å². The molecule has 0 atom stereocenters. The van der Waals surface area contributed by atoms with Gasteiger partial charge in [-0.15, -0.1) is 0 Å². The van der Waals surface area contributed by atoms with Gasteiger partial charge in [0.05, 0.1) is 34.8 Å². The summed E-state index contributed by atoms with van der Waals surface area (Å²) in [5.74, 6) is -0.483. The summed E-state index contributed by atoms with van der Waals surface area (Å²) in [5, 5.41) is 7.68. The van der Waals surface area contributed by atoms with E-state index in [1.165, 1.54) is 11.1 Å². The highest BCUT2D eigenvalue weighted by Gasteiger charge is 2.26. The van der Waals surface area contributed by atoms with Gasteiger partial charge in [0, 0.05) is 25.5 Å². The van der Waals surface area contributed by atoms with Crippen molar-refractivity contribution in [2.45, 2.75) is 0 Å². The van der Waals surface area contributed by atoms with Crippen molar-refractivity contribution in [1.82, 2.24) is 30.0 Å². The highest BCUT2D eigenvalue weighted by molar-refractivity contribution is 6.30. The third kappa shape index (κ3) is 3.52. The third-order valence-corrected chi connectivity index (χ3v) is 4.36. The van der Waals surface area contributed by atoms with Crippen molar-refractivity contribution >= 4 is 23.4 Å². The van der Waals surface area contributed by atoms with Gasteiger partial charge in [-0.1, -0.05) is 11.6 Å². The van der Waals surface area contributed by atoms with E-state index in [0.717, 1.165) is 0 Å². The van der Waals surface area contributed by atoms with E-state index in [1.54, 1.807) is 41.3 Å². The molecule has 1 aliphatic rings. The van der Waals surface area contributed by atoms with Gasteiger partial charge in [-0.2, -0.15) is 5.10 Å². The number of pyridine rings is 2. The Morgan fingerprint density at radius 2 is 2.11 bits per heavy atom. The summed E-state index contributed by atoms with van der Waals surface area (Å²) in [6, 6.07) is 8.77. The summed E-state index contributed by atoms with van der Waals surface area (Å²) in [6.45, 7) is 0.894. The number of rotatable bonds is 3. The molecule has 0 bridgehead atoms. The Hall–Kier alpha value is -3.26. The van der Waals surface area contributed by atoms with Crippen molar-refractivity contribution in [1.29, 1.82) is 0 Å². The molecule has 1 fully saturated rings. The molecule has 1 saturated heterocycles. The zero-order valence-electron chi connectivity index (χ0n) is 14.2. The van der Waals surface area contributed by atoms with E-state index in [9.17, 15) is 9.59 Å². The van der Waals surface area contributed by atoms with Gasteiger partial charge in [-0.25, -0.2) is 4.68 Å². The van der Waals surface area contributed by atoms with Gasteiger partial charge in [-0.3, -0.25) is 19.6 Å². The van der Waals surface area contributed by atoms with Crippen LogP contribution in [-0.2, 0) is 4.79 Å². The normalized spacial score (nSPS) is 14.1. The molecule has 0 aliphatic carbocycles. The zero-order chi connectivity index (χ0) is 18.8. The van der Waals surface area contributed by atoms with Gasteiger partial charge in [0.15, 0.2) is 5.69 Å². The monoisotopic (exact) mass is 382 g/mol. The van der Waals surface area contributed by atoms with Crippen LogP contribution in [0.2, 0.25) is 5.02 Å². The van der Waals surface area contributed by atoms with E-state index in [2.05, 4.69) is 20.4 Å². The minimum atomic E-state index is -0.303. The maximum absolute atomic E-state index is 12.8. The first-order valence-corrected chi connectivity index (χ1v) is 8.68. The Kier molecular flexibility index (Phi) is 4.55. The number of hydrogen-bond donors (Lipinski definition) is 1. The molecule has 4 rings (SSSR count).